The smallest absolute Gasteiger partial charge is 0.0625 e. The molecule has 0 amide bonds. The molecule has 1 N–H and O–H groups in total. The van der Waals surface area contributed by atoms with Crippen LogP contribution in [0.25, 0.3) is 0 Å². The number of aryl methyl sites for hydroxylation is 2. The average molecular weight is 262 g/mol. The number of piperazine rings is 1. The molecule has 2 aliphatic rings. The van der Waals surface area contributed by atoms with E-state index in [-0.39, 0.29) is 0 Å². The van der Waals surface area contributed by atoms with Crippen molar-refractivity contribution in [3.05, 3.63) is 17.5 Å². The first kappa shape index (κ1) is 13.1. The Hall–Kier alpha value is -0.870. The van der Waals surface area contributed by atoms with Gasteiger partial charge in [-0.15, -0.1) is 0 Å². The highest BCUT2D eigenvalue weighted by molar-refractivity contribution is 5.11. The summed E-state index contributed by atoms with van der Waals surface area (Å²) in [7, 11) is 2.07. The molecule has 1 aromatic rings. The van der Waals surface area contributed by atoms with Crippen molar-refractivity contribution in [3.63, 3.8) is 0 Å². The van der Waals surface area contributed by atoms with Crippen LogP contribution < -0.4 is 5.32 Å². The Morgan fingerprint density at radius 2 is 2.16 bits per heavy atom. The van der Waals surface area contributed by atoms with Gasteiger partial charge in [0.25, 0.3) is 0 Å². The highest BCUT2D eigenvalue weighted by Crippen LogP contribution is 2.32. The highest BCUT2D eigenvalue weighted by atomic mass is 15.3. The number of hydrogen-bond acceptors (Lipinski definition) is 3. The SMILES string of the molecule is CCc1cc(CN2CCNC3(CCCC3)C2)n(C)n1. The monoisotopic (exact) mass is 262 g/mol. The molecule has 3 rings (SSSR count). The van der Waals surface area contributed by atoms with Crippen LogP contribution in [-0.4, -0.2) is 39.9 Å². The Balaban J connectivity index is 1.67. The Morgan fingerprint density at radius 3 is 2.84 bits per heavy atom. The third-order valence-electron chi connectivity index (χ3n) is 4.79. The minimum absolute atomic E-state index is 0.421. The minimum atomic E-state index is 0.421. The van der Waals surface area contributed by atoms with E-state index in [4.69, 9.17) is 0 Å². The maximum absolute atomic E-state index is 4.56. The van der Waals surface area contributed by atoms with Gasteiger partial charge in [0.2, 0.25) is 0 Å². The molecule has 4 nitrogen and oxygen atoms in total. The molecule has 2 fully saturated rings. The Labute approximate surface area is 116 Å². The quantitative estimate of drug-likeness (QED) is 0.900. The lowest BCUT2D eigenvalue weighted by molar-refractivity contribution is 0.126. The van der Waals surface area contributed by atoms with Crippen molar-refractivity contribution in [3.8, 4) is 0 Å². The second kappa shape index (κ2) is 5.25. The van der Waals surface area contributed by atoms with Gasteiger partial charge in [0.05, 0.1) is 11.4 Å². The lowest BCUT2D eigenvalue weighted by Gasteiger charge is -2.41. The zero-order chi connectivity index (χ0) is 13.3. The predicted molar refractivity (Wildman–Crippen MR) is 77.1 cm³/mol. The van der Waals surface area contributed by atoms with E-state index >= 15 is 0 Å². The number of rotatable bonds is 3. The number of hydrogen-bond donors (Lipinski definition) is 1. The molecule has 1 saturated carbocycles. The molecule has 19 heavy (non-hydrogen) atoms. The van der Waals surface area contributed by atoms with Crippen LogP contribution in [-0.2, 0) is 20.0 Å². The van der Waals surface area contributed by atoms with Gasteiger partial charge in [0.1, 0.15) is 0 Å². The average Bonchev–Trinajstić information content (AvgIpc) is 2.98. The van der Waals surface area contributed by atoms with E-state index in [1.54, 1.807) is 0 Å². The van der Waals surface area contributed by atoms with Gasteiger partial charge in [0.15, 0.2) is 0 Å². The summed E-state index contributed by atoms with van der Waals surface area (Å²) < 4.78 is 2.06. The van der Waals surface area contributed by atoms with Gasteiger partial charge in [-0.2, -0.15) is 5.10 Å². The number of nitrogens with one attached hydrogen (secondary N) is 1. The first-order chi connectivity index (χ1) is 9.21. The lowest BCUT2D eigenvalue weighted by atomic mass is 9.94. The van der Waals surface area contributed by atoms with Crippen molar-refractivity contribution in [1.29, 1.82) is 0 Å². The molecule has 1 aliphatic heterocycles. The summed E-state index contributed by atoms with van der Waals surface area (Å²) >= 11 is 0. The summed E-state index contributed by atoms with van der Waals surface area (Å²) in [6.45, 7) is 6.73. The fourth-order valence-electron chi connectivity index (χ4n) is 3.69. The van der Waals surface area contributed by atoms with Gasteiger partial charge >= 0.3 is 0 Å². The van der Waals surface area contributed by atoms with Crippen molar-refractivity contribution in [1.82, 2.24) is 20.0 Å². The minimum Gasteiger partial charge on any atom is -0.309 e. The topological polar surface area (TPSA) is 33.1 Å². The number of aromatic nitrogens is 2. The molecule has 0 unspecified atom stereocenters. The van der Waals surface area contributed by atoms with Gasteiger partial charge in [-0.1, -0.05) is 19.8 Å². The maximum atomic E-state index is 4.56. The molecule has 4 heteroatoms. The van der Waals surface area contributed by atoms with Gasteiger partial charge in [-0.25, -0.2) is 0 Å². The van der Waals surface area contributed by atoms with E-state index in [0.29, 0.717) is 5.54 Å². The second-order valence-corrected chi connectivity index (χ2v) is 6.23. The van der Waals surface area contributed by atoms with E-state index in [1.807, 2.05) is 0 Å². The fraction of sp³-hybridized carbons (Fsp3) is 0.800. The molecule has 1 spiro atoms. The molecular weight excluding hydrogens is 236 g/mol. The van der Waals surface area contributed by atoms with E-state index in [2.05, 4.69) is 40.0 Å². The summed E-state index contributed by atoms with van der Waals surface area (Å²) in [4.78, 5) is 2.61. The van der Waals surface area contributed by atoms with Gasteiger partial charge < -0.3 is 5.32 Å². The second-order valence-electron chi connectivity index (χ2n) is 6.23. The normalized spacial score (nSPS) is 23.3. The van der Waals surface area contributed by atoms with Crippen LogP contribution in [0.4, 0.5) is 0 Å². The third kappa shape index (κ3) is 2.70. The van der Waals surface area contributed by atoms with Crippen molar-refractivity contribution in [2.45, 2.75) is 51.1 Å². The van der Waals surface area contributed by atoms with E-state index in [0.717, 1.165) is 26.1 Å². The summed E-state index contributed by atoms with van der Waals surface area (Å²) in [5.41, 5.74) is 2.99. The van der Waals surface area contributed by atoms with Gasteiger partial charge in [-0.3, -0.25) is 9.58 Å². The molecule has 0 radical (unpaired) electrons. The summed E-state index contributed by atoms with van der Waals surface area (Å²) in [6.07, 6.45) is 6.53. The molecule has 1 saturated heterocycles. The van der Waals surface area contributed by atoms with E-state index in [9.17, 15) is 0 Å². The molecule has 2 heterocycles. The maximum Gasteiger partial charge on any atom is 0.0625 e. The van der Waals surface area contributed by atoms with Gasteiger partial charge in [-0.05, 0) is 25.3 Å². The van der Waals surface area contributed by atoms with Crippen molar-refractivity contribution in [2.24, 2.45) is 7.05 Å². The molecule has 1 aliphatic carbocycles. The van der Waals surface area contributed by atoms with Crippen LogP contribution in [0.2, 0.25) is 0 Å². The van der Waals surface area contributed by atoms with Crippen molar-refractivity contribution in [2.75, 3.05) is 19.6 Å². The molecule has 0 atom stereocenters. The molecule has 0 bridgehead atoms. The van der Waals surface area contributed by atoms with E-state index in [1.165, 1.54) is 43.6 Å². The van der Waals surface area contributed by atoms with Crippen LogP contribution in [0.1, 0.15) is 44.0 Å². The summed E-state index contributed by atoms with van der Waals surface area (Å²) in [6, 6.07) is 2.27. The van der Waals surface area contributed by atoms with E-state index < -0.39 is 0 Å². The number of nitrogens with zero attached hydrogens (tertiary/aromatic N) is 3. The van der Waals surface area contributed by atoms with Crippen LogP contribution >= 0.6 is 0 Å². The van der Waals surface area contributed by atoms with Crippen LogP contribution in [0.5, 0.6) is 0 Å². The zero-order valence-corrected chi connectivity index (χ0v) is 12.3. The Bertz CT molecular complexity index is 431. The third-order valence-corrected chi connectivity index (χ3v) is 4.79. The molecule has 106 valence electrons. The predicted octanol–water partition coefficient (Wildman–Crippen LogP) is 1.70. The molecule has 1 aromatic heterocycles. The summed E-state index contributed by atoms with van der Waals surface area (Å²) in [5.74, 6) is 0. The summed E-state index contributed by atoms with van der Waals surface area (Å²) in [5, 5.41) is 8.34. The lowest BCUT2D eigenvalue weighted by Crippen LogP contribution is -2.58. The molecular formula is C15H26N4. The van der Waals surface area contributed by atoms with Gasteiger partial charge in [0, 0.05) is 38.8 Å². The Morgan fingerprint density at radius 1 is 1.37 bits per heavy atom. The van der Waals surface area contributed by atoms with Crippen molar-refractivity contribution < 1.29 is 0 Å². The van der Waals surface area contributed by atoms with Crippen LogP contribution in [0.15, 0.2) is 6.07 Å². The van der Waals surface area contributed by atoms with Crippen molar-refractivity contribution >= 4 is 0 Å². The zero-order valence-electron chi connectivity index (χ0n) is 12.3. The largest absolute Gasteiger partial charge is 0.309 e. The molecule has 0 aromatic carbocycles. The first-order valence-corrected chi connectivity index (χ1v) is 7.70. The van der Waals surface area contributed by atoms with Crippen LogP contribution in [0, 0.1) is 0 Å². The fourth-order valence-corrected chi connectivity index (χ4v) is 3.69. The first-order valence-electron chi connectivity index (χ1n) is 7.70. The highest BCUT2D eigenvalue weighted by Gasteiger charge is 2.37. The Kier molecular flexibility index (Phi) is 3.63. The van der Waals surface area contributed by atoms with Crippen LogP contribution in [0.3, 0.4) is 0 Å². The standard InChI is InChI=1S/C15H26N4/c1-3-13-10-14(18(2)17-13)11-19-9-8-16-15(12-19)6-4-5-7-15/h10,16H,3-9,11-12H2,1-2H3.